The molecule has 1 saturated heterocycles. The number of nitrogens with one attached hydrogen (secondary N) is 1. The smallest absolute Gasteiger partial charge is 0.305 e. The number of esters is 1. The lowest BCUT2D eigenvalue weighted by atomic mass is 9.99. The maximum atomic E-state index is 13.0. The Balaban J connectivity index is 2.09. The SMILES string of the molecule is CCC/C=C/CC/C=C/CC/C=C/C(O)C(COC1OC(CO)C(O)C(O)C1O)NC(=O)CCCCCCCCCCCCCCCCCCCCOC(=O)CCCCCCCCCCCCC. The number of rotatable bonds is 48. The van der Waals surface area contributed by atoms with E-state index in [1.165, 1.54) is 135 Å². The fourth-order valence-electron chi connectivity index (χ4n) is 8.71. The summed E-state index contributed by atoms with van der Waals surface area (Å²) in [5.74, 6) is -0.212. The fraction of sp³-hybridized carbons (Fsp3) is 0.860. The number of hydrogen-bond donors (Lipinski definition) is 6. The molecule has 68 heavy (non-hydrogen) atoms. The minimum Gasteiger partial charge on any atom is -0.466 e. The number of allylic oxidation sites excluding steroid dienone is 5. The molecule has 0 aromatic rings. The molecule has 0 aromatic carbocycles. The maximum absolute atomic E-state index is 13.0. The second-order valence-corrected chi connectivity index (χ2v) is 19.6. The largest absolute Gasteiger partial charge is 0.466 e. The predicted octanol–water partition coefficient (Wildman–Crippen LogP) is 12.3. The first-order valence-electron chi connectivity index (χ1n) is 28.3. The molecule has 0 aromatic heterocycles. The van der Waals surface area contributed by atoms with Crippen molar-refractivity contribution >= 4 is 11.9 Å². The lowest BCUT2D eigenvalue weighted by molar-refractivity contribution is -0.302. The number of carbonyl (C=O) groups excluding carboxylic acids is 2. The summed E-state index contributed by atoms with van der Waals surface area (Å²) in [7, 11) is 0. The maximum Gasteiger partial charge on any atom is 0.305 e. The highest BCUT2D eigenvalue weighted by atomic mass is 16.7. The summed E-state index contributed by atoms with van der Waals surface area (Å²) >= 11 is 0. The summed E-state index contributed by atoms with van der Waals surface area (Å²) < 4.78 is 16.6. The van der Waals surface area contributed by atoms with Crippen molar-refractivity contribution in [2.45, 2.75) is 294 Å². The lowest BCUT2D eigenvalue weighted by Gasteiger charge is -2.40. The molecule has 1 fully saturated rings. The molecule has 0 spiro atoms. The number of aliphatic hydroxyl groups is 5. The van der Waals surface area contributed by atoms with E-state index in [0.717, 1.165) is 89.9 Å². The summed E-state index contributed by atoms with van der Waals surface area (Å²) in [5, 5.41) is 54.2. The molecule has 1 heterocycles. The number of unbranched alkanes of at least 4 members (excludes halogenated alkanes) is 30. The van der Waals surface area contributed by atoms with Crippen LogP contribution in [0.5, 0.6) is 0 Å². The summed E-state index contributed by atoms with van der Waals surface area (Å²) in [5.41, 5.74) is 0. The number of ether oxygens (including phenoxy) is 3. The van der Waals surface area contributed by atoms with Crippen molar-refractivity contribution in [3.63, 3.8) is 0 Å². The molecule has 1 rings (SSSR count). The first-order valence-corrected chi connectivity index (χ1v) is 28.3. The molecule has 7 unspecified atom stereocenters. The van der Waals surface area contributed by atoms with E-state index in [0.29, 0.717) is 19.4 Å². The summed E-state index contributed by atoms with van der Waals surface area (Å²) in [6.45, 7) is 4.23. The molecular weight excluding hydrogens is 859 g/mol. The van der Waals surface area contributed by atoms with Gasteiger partial charge >= 0.3 is 5.97 Å². The molecule has 0 aliphatic carbocycles. The first kappa shape index (κ1) is 63.9. The van der Waals surface area contributed by atoms with E-state index >= 15 is 0 Å². The van der Waals surface area contributed by atoms with Crippen LogP contribution in [0.4, 0.5) is 0 Å². The van der Waals surface area contributed by atoms with Crippen LogP contribution in [-0.2, 0) is 23.8 Å². The van der Waals surface area contributed by atoms with Gasteiger partial charge in [-0.15, -0.1) is 0 Å². The second-order valence-electron chi connectivity index (χ2n) is 19.6. The molecule has 1 aliphatic rings. The topological polar surface area (TPSA) is 175 Å². The molecule has 11 heteroatoms. The monoisotopic (exact) mass is 964 g/mol. The van der Waals surface area contributed by atoms with Crippen LogP contribution in [-0.4, -0.2) is 100 Å². The third-order valence-corrected chi connectivity index (χ3v) is 13.2. The molecule has 7 atom stereocenters. The van der Waals surface area contributed by atoms with Crippen molar-refractivity contribution < 1.29 is 49.3 Å². The average Bonchev–Trinajstić information content (AvgIpc) is 3.33. The summed E-state index contributed by atoms with van der Waals surface area (Å²) in [6, 6.07) is -0.836. The van der Waals surface area contributed by atoms with Crippen LogP contribution in [0.1, 0.15) is 251 Å². The number of carbonyl (C=O) groups is 2. The van der Waals surface area contributed by atoms with E-state index in [2.05, 4.69) is 43.5 Å². The van der Waals surface area contributed by atoms with Crippen LogP contribution in [0, 0.1) is 0 Å². The minimum absolute atomic E-state index is 0.0103. The summed E-state index contributed by atoms with van der Waals surface area (Å²) in [4.78, 5) is 25.0. The Morgan fingerprint density at radius 3 is 1.43 bits per heavy atom. The normalized spacial score (nSPS) is 19.7. The van der Waals surface area contributed by atoms with Gasteiger partial charge in [0.1, 0.15) is 24.4 Å². The van der Waals surface area contributed by atoms with Gasteiger partial charge in [-0.05, 0) is 51.4 Å². The highest BCUT2D eigenvalue weighted by molar-refractivity contribution is 5.76. The molecule has 0 bridgehead atoms. The zero-order valence-corrected chi connectivity index (χ0v) is 43.6. The van der Waals surface area contributed by atoms with Gasteiger partial charge in [0.15, 0.2) is 6.29 Å². The minimum atomic E-state index is -1.58. The highest BCUT2D eigenvalue weighted by Crippen LogP contribution is 2.23. The van der Waals surface area contributed by atoms with Crippen LogP contribution in [0.3, 0.4) is 0 Å². The highest BCUT2D eigenvalue weighted by Gasteiger charge is 2.44. The van der Waals surface area contributed by atoms with Crippen molar-refractivity contribution in [2.75, 3.05) is 19.8 Å². The standard InChI is InChI=1S/C57H105NO10/c1-3-5-7-9-11-13-23-27-31-35-39-43-50(60)49(48-67-57-56(65)55(64)54(63)51(47-59)68-57)58-52(61)44-40-36-32-28-25-21-19-17-15-16-18-20-22-26-30-34-38-42-46-66-53(62)45-41-37-33-29-24-14-12-10-8-6-4-2/h7,9,23,27,39,43,49-51,54-57,59-60,63-65H,3-6,8,10-22,24-26,28-38,40-42,44-48H2,1-2H3,(H,58,61)/b9-7+,27-23+,43-39+. The van der Waals surface area contributed by atoms with Crippen molar-refractivity contribution in [3.05, 3.63) is 36.5 Å². The Hall–Kier alpha value is -2.12. The Morgan fingerprint density at radius 2 is 0.956 bits per heavy atom. The van der Waals surface area contributed by atoms with Gasteiger partial charge in [0.05, 0.1) is 32.0 Å². The van der Waals surface area contributed by atoms with Gasteiger partial charge in [0.2, 0.25) is 5.91 Å². The van der Waals surface area contributed by atoms with Crippen molar-refractivity contribution in [2.24, 2.45) is 0 Å². The van der Waals surface area contributed by atoms with Crippen LogP contribution in [0.25, 0.3) is 0 Å². The average molecular weight is 964 g/mol. The molecule has 11 nitrogen and oxygen atoms in total. The Kier molecular flexibility index (Phi) is 44.4. The molecule has 0 saturated carbocycles. The van der Waals surface area contributed by atoms with E-state index < -0.39 is 49.5 Å². The first-order chi connectivity index (χ1) is 33.2. The van der Waals surface area contributed by atoms with Gasteiger partial charge in [-0.25, -0.2) is 0 Å². The molecule has 6 N–H and O–H groups in total. The second kappa shape index (κ2) is 47.2. The zero-order chi connectivity index (χ0) is 49.6. The van der Waals surface area contributed by atoms with E-state index in [4.69, 9.17) is 14.2 Å². The van der Waals surface area contributed by atoms with Crippen LogP contribution >= 0.6 is 0 Å². The molecule has 1 amide bonds. The van der Waals surface area contributed by atoms with Gasteiger partial charge in [0, 0.05) is 12.8 Å². The van der Waals surface area contributed by atoms with Crippen LogP contribution < -0.4 is 5.32 Å². The Labute approximate surface area is 415 Å². The number of amides is 1. The van der Waals surface area contributed by atoms with E-state index in [1.807, 2.05) is 6.08 Å². The van der Waals surface area contributed by atoms with Crippen LogP contribution in [0.2, 0.25) is 0 Å². The molecule has 0 radical (unpaired) electrons. The van der Waals surface area contributed by atoms with Gasteiger partial charge in [-0.1, -0.05) is 224 Å². The number of hydrogen-bond acceptors (Lipinski definition) is 10. The lowest BCUT2D eigenvalue weighted by Crippen LogP contribution is -2.60. The number of aliphatic hydroxyl groups excluding tert-OH is 5. The molecule has 398 valence electrons. The predicted molar refractivity (Wildman–Crippen MR) is 278 cm³/mol. The molecular formula is C57H105NO10. The quantitative estimate of drug-likeness (QED) is 0.0196. The van der Waals surface area contributed by atoms with Crippen molar-refractivity contribution in [3.8, 4) is 0 Å². The van der Waals surface area contributed by atoms with Crippen molar-refractivity contribution in [1.29, 1.82) is 0 Å². The Bertz CT molecular complexity index is 1230. The van der Waals surface area contributed by atoms with Crippen molar-refractivity contribution in [1.82, 2.24) is 5.32 Å². The zero-order valence-electron chi connectivity index (χ0n) is 43.6. The fourth-order valence-corrected chi connectivity index (χ4v) is 8.71. The van der Waals surface area contributed by atoms with E-state index in [1.54, 1.807) is 6.08 Å². The third-order valence-electron chi connectivity index (χ3n) is 13.2. The van der Waals surface area contributed by atoms with E-state index in [9.17, 15) is 35.1 Å². The van der Waals surface area contributed by atoms with Gasteiger partial charge < -0.3 is 45.1 Å². The van der Waals surface area contributed by atoms with Crippen LogP contribution in [0.15, 0.2) is 36.5 Å². The van der Waals surface area contributed by atoms with E-state index in [-0.39, 0.29) is 18.5 Å². The van der Waals surface area contributed by atoms with Gasteiger partial charge in [-0.3, -0.25) is 9.59 Å². The molecule has 1 aliphatic heterocycles. The Morgan fingerprint density at radius 1 is 0.529 bits per heavy atom. The van der Waals surface area contributed by atoms with Gasteiger partial charge in [-0.2, -0.15) is 0 Å². The third kappa shape index (κ3) is 36.8. The van der Waals surface area contributed by atoms with Gasteiger partial charge in [0.25, 0.3) is 0 Å². The summed E-state index contributed by atoms with van der Waals surface area (Å²) in [6.07, 6.45) is 46.6.